The summed E-state index contributed by atoms with van der Waals surface area (Å²) in [7, 11) is 1.50. The number of rotatable bonds is 3. The van der Waals surface area contributed by atoms with E-state index < -0.39 is 11.7 Å². The Kier molecular flexibility index (Phi) is 2.87. The number of halogens is 1. The smallest absolute Gasteiger partial charge is 0.225 e. The summed E-state index contributed by atoms with van der Waals surface area (Å²) in [5, 5.41) is 0. The summed E-state index contributed by atoms with van der Waals surface area (Å²) in [5.74, 6) is 0.435. The molecule has 0 radical (unpaired) electrons. The summed E-state index contributed by atoms with van der Waals surface area (Å²) in [6.45, 7) is 3.08. The molecular weight excluding hydrogens is 191 g/mol. The monoisotopic (exact) mass is 204 g/mol. The van der Waals surface area contributed by atoms with Crippen LogP contribution >= 0.6 is 11.5 Å². The Morgan fingerprint density at radius 1 is 1.77 bits per heavy atom. The highest BCUT2D eigenvalue weighted by Gasteiger charge is 2.33. The molecule has 0 aliphatic heterocycles. The standard InChI is InChI=1S/C8H13FN2OS/c1-5(10)8(2,9)6-4-7(12-3)11-13-6/h4-5H,10H2,1-3H3. The fourth-order valence-electron chi connectivity index (χ4n) is 0.810. The minimum Gasteiger partial charge on any atom is -0.480 e. The largest absolute Gasteiger partial charge is 0.480 e. The van der Waals surface area contributed by atoms with Gasteiger partial charge in [0.25, 0.3) is 0 Å². The summed E-state index contributed by atoms with van der Waals surface area (Å²) in [4.78, 5) is 0.499. The number of alkyl halides is 1. The van der Waals surface area contributed by atoms with Crippen molar-refractivity contribution in [3.63, 3.8) is 0 Å². The van der Waals surface area contributed by atoms with E-state index in [1.54, 1.807) is 13.0 Å². The van der Waals surface area contributed by atoms with Crippen molar-refractivity contribution in [2.75, 3.05) is 7.11 Å². The molecule has 0 aliphatic carbocycles. The van der Waals surface area contributed by atoms with Crippen LogP contribution in [0.3, 0.4) is 0 Å². The maximum atomic E-state index is 13.9. The van der Waals surface area contributed by atoms with Gasteiger partial charge in [0.05, 0.1) is 12.0 Å². The van der Waals surface area contributed by atoms with E-state index in [0.29, 0.717) is 10.8 Å². The highest BCUT2D eigenvalue weighted by Crippen LogP contribution is 2.33. The van der Waals surface area contributed by atoms with Gasteiger partial charge in [-0.2, -0.15) is 4.37 Å². The van der Waals surface area contributed by atoms with E-state index in [0.717, 1.165) is 11.5 Å². The second kappa shape index (κ2) is 3.59. The Hall–Kier alpha value is -0.680. The molecule has 0 saturated heterocycles. The van der Waals surface area contributed by atoms with Crippen LogP contribution in [0, 0.1) is 0 Å². The lowest BCUT2D eigenvalue weighted by atomic mass is 9.99. The predicted octanol–water partition coefficient (Wildman–Crippen LogP) is 1.68. The van der Waals surface area contributed by atoms with Crippen molar-refractivity contribution >= 4 is 11.5 Å². The van der Waals surface area contributed by atoms with Crippen molar-refractivity contribution in [1.29, 1.82) is 0 Å². The average Bonchev–Trinajstić information content (AvgIpc) is 2.51. The van der Waals surface area contributed by atoms with Crippen LogP contribution in [0.15, 0.2) is 6.07 Å². The number of hydrogen-bond donors (Lipinski definition) is 1. The molecule has 74 valence electrons. The van der Waals surface area contributed by atoms with E-state index in [1.807, 2.05) is 0 Å². The Balaban J connectivity index is 2.93. The van der Waals surface area contributed by atoms with Gasteiger partial charge in [0.15, 0.2) is 5.67 Å². The molecule has 0 aliphatic rings. The number of hydrogen-bond acceptors (Lipinski definition) is 4. The van der Waals surface area contributed by atoms with Gasteiger partial charge in [0.2, 0.25) is 5.88 Å². The van der Waals surface area contributed by atoms with Gasteiger partial charge in [-0.15, -0.1) is 0 Å². The molecule has 3 nitrogen and oxygen atoms in total. The van der Waals surface area contributed by atoms with Crippen molar-refractivity contribution < 1.29 is 9.13 Å². The SMILES string of the molecule is COc1cc(C(C)(F)C(C)N)sn1. The van der Waals surface area contributed by atoms with E-state index in [1.165, 1.54) is 14.0 Å². The third kappa shape index (κ3) is 1.97. The van der Waals surface area contributed by atoms with Crippen LogP contribution < -0.4 is 10.5 Å². The molecule has 0 amide bonds. The quantitative estimate of drug-likeness (QED) is 0.815. The number of ether oxygens (including phenoxy) is 1. The fraction of sp³-hybridized carbons (Fsp3) is 0.625. The zero-order chi connectivity index (χ0) is 10.1. The van der Waals surface area contributed by atoms with E-state index in [2.05, 4.69) is 4.37 Å². The Morgan fingerprint density at radius 3 is 2.77 bits per heavy atom. The molecule has 0 fully saturated rings. The van der Waals surface area contributed by atoms with E-state index in [4.69, 9.17) is 10.5 Å². The number of aromatic nitrogens is 1. The first-order valence-electron chi connectivity index (χ1n) is 3.94. The van der Waals surface area contributed by atoms with Crippen LogP contribution in [-0.2, 0) is 5.67 Å². The molecule has 2 unspecified atom stereocenters. The van der Waals surface area contributed by atoms with Crippen LogP contribution in [0.2, 0.25) is 0 Å². The average molecular weight is 204 g/mol. The molecule has 1 aromatic rings. The molecule has 1 aromatic heterocycles. The third-order valence-electron chi connectivity index (χ3n) is 2.03. The molecule has 2 N–H and O–H groups in total. The normalized spacial score (nSPS) is 17.9. The first kappa shape index (κ1) is 10.4. The van der Waals surface area contributed by atoms with Crippen molar-refractivity contribution in [3.8, 4) is 5.88 Å². The maximum absolute atomic E-state index is 13.9. The first-order chi connectivity index (χ1) is 5.98. The zero-order valence-corrected chi connectivity index (χ0v) is 8.69. The van der Waals surface area contributed by atoms with Crippen LogP contribution in [-0.4, -0.2) is 17.5 Å². The van der Waals surface area contributed by atoms with Crippen LogP contribution in [0.5, 0.6) is 5.88 Å². The van der Waals surface area contributed by atoms with Crippen molar-refractivity contribution in [3.05, 3.63) is 10.9 Å². The Morgan fingerprint density at radius 2 is 2.38 bits per heavy atom. The van der Waals surface area contributed by atoms with Crippen LogP contribution in [0.25, 0.3) is 0 Å². The number of nitrogens with zero attached hydrogens (tertiary/aromatic N) is 1. The van der Waals surface area contributed by atoms with E-state index >= 15 is 0 Å². The van der Waals surface area contributed by atoms with Gasteiger partial charge in [-0.3, -0.25) is 0 Å². The molecule has 0 saturated carbocycles. The Bertz CT molecular complexity index is 285. The molecule has 0 spiro atoms. The minimum absolute atomic E-state index is 0.435. The second-order valence-electron chi connectivity index (χ2n) is 3.10. The topological polar surface area (TPSA) is 48.1 Å². The van der Waals surface area contributed by atoms with Crippen molar-refractivity contribution in [2.45, 2.75) is 25.6 Å². The summed E-state index contributed by atoms with van der Waals surface area (Å²) < 4.78 is 22.7. The lowest BCUT2D eigenvalue weighted by molar-refractivity contribution is 0.162. The summed E-state index contributed by atoms with van der Waals surface area (Å²) in [6.07, 6.45) is 0. The summed E-state index contributed by atoms with van der Waals surface area (Å²) in [6, 6.07) is 1.02. The molecule has 0 aromatic carbocycles. The lowest BCUT2D eigenvalue weighted by Crippen LogP contribution is -2.36. The summed E-state index contributed by atoms with van der Waals surface area (Å²) in [5.41, 5.74) is 3.98. The molecule has 2 atom stereocenters. The third-order valence-corrected chi connectivity index (χ3v) is 3.02. The highest BCUT2D eigenvalue weighted by molar-refractivity contribution is 7.06. The highest BCUT2D eigenvalue weighted by atomic mass is 32.1. The first-order valence-corrected chi connectivity index (χ1v) is 4.71. The molecular formula is C8H13FN2OS. The van der Waals surface area contributed by atoms with Gasteiger partial charge in [-0.1, -0.05) is 0 Å². The minimum atomic E-state index is -1.53. The summed E-state index contributed by atoms with van der Waals surface area (Å²) >= 11 is 1.08. The predicted molar refractivity (Wildman–Crippen MR) is 50.8 cm³/mol. The van der Waals surface area contributed by atoms with Crippen LogP contribution in [0.4, 0.5) is 4.39 Å². The Labute approximate surface area is 80.9 Å². The number of methoxy groups -OCH3 is 1. The van der Waals surface area contributed by atoms with Gasteiger partial charge in [0.1, 0.15) is 0 Å². The molecule has 0 bridgehead atoms. The van der Waals surface area contributed by atoms with Crippen molar-refractivity contribution in [2.24, 2.45) is 5.73 Å². The van der Waals surface area contributed by atoms with Gasteiger partial charge in [-0.05, 0) is 25.4 Å². The van der Waals surface area contributed by atoms with Gasteiger partial charge in [-0.25, -0.2) is 4.39 Å². The zero-order valence-electron chi connectivity index (χ0n) is 7.87. The molecule has 13 heavy (non-hydrogen) atoms. The fourth-order valence-corrected chi connectivity index (χ4v) is 1.64. The number of nitrogens with two attached hydrogens (primary N) is 1. The second-order valence-corrected chi connectivity index (χ2v) is 3.90. The van der Waals surface area contributed by atoms with E-state index in [9.17, 15) is 4.39 Å². The maximum Gasteiger partial charge on any atom is 0.225 e. The van der Waals surface area contributed by atoms with Gasteiger partial charge in [0, 0.05) is 12.1 Å². The van der Waals surface area contributed by atoms with Crippen LogP contribution in [0.1, 0.15) is 18.7 Å². The van der Waals surface area contributed by atoms with E-state index in [-0.39, 0.29) is 0 Å². The lowest BCUT2D eigenvalue weighted by Gasteiger charge is -2.21. The van der Waals surface area contributed by atoms with Crippen molar-refractivity contribution in [1.82, 2.24) is 4.37 Å². The van der Waals surface area contributed by atoms with Gasteiger partial charge < -0.3 is 10.5 Å². The molecule has 1 rings (SSSR count). The molecule has 1 heterocycles. The van der Waals surface area contributed by atoms with Gasteiger partial charge >= 0.3 is 0 Å². The molecule has 5 heteroatoms.